The van der Waals surface area contributed by atoms with Gasteiger partial charge in [0.2, 0.25) is 0 Å². The quantitative estimate of drug-likeness (QED) is 0.399. The lowest BCUT2D eigenvalue weighted by Crippen LogP contribution is -2.14. The van der Waals surface area contributed by atoms with Gasteiger partial charge in [0.15, 0.2) is 5.82 Å². The first-order valence-electron chi connectivity index (χ1n) is 9.02. The number of methoxy groups -OCH3 is 1. The molecule has 9 heteroatoms. The maximum absolute atomic E-state index is 12.8. The van der Waals surface area contributed by atoms with E-state index in [4.69, 9.17) is 4.74 Å². The summed E-state index contributed by atoms with van der Waals surface area (Å²) in [6, 6.07) is 15.5. The van der Waals surface area contributed by atoms with E-state index in [0.29, 0.717) is 22.8 Å². The topological polar surface area (TPSA) is 112 Å². The number of non-ortho nitro benzene ring substituents is 1. The average Bonchev–Trinajstić information content (AvgIpc) is 3.14. The minimum absolute atomic E-state index is 0.128. The summed E-state index contributed by atoms with van der Waals surface area (Å²) < 4.78 is 6.76. The van der Waals surface area contributed by atoms with E-state index in [1.165, 1.54) is 31.5 Å². The number of nitrogens with zero attached hydrogens (tertiary/aromatic N) is 4. The lowest BCUT2D eigenvalue weighted by atomic mass is 10.2. The second kappa shape index (κ2) is 7.63. The Kier molecular flexibility index (Phi) is 4.85. The second-order valence-electron chi connectivity index (χ2n) is 6.51. The van der Waals surface area contributed by atoms with Crippen molar-refractivity contribution in [3.63, 3.8) is 0 Å². The number of nitro groups is 1. The number of benzene rings is 2. The maximum Gasteiger partial charge on any atom is 0.273 e. The molecule has 150 valence electrons. The number of carbonyl (C=O) groups excluding carboxylic acids is 1. The van der Waals surface area contributed by atoms with Crippen LogP contribution in [0.15, 0.2) is 60.8 Å². The molecule has 0 bridgehead atoms. The van der Waals surface area contributed by atoms with Gasteiger partial charge in [-0.25, -0.2) is 9.67 Å². The third-order valence-corrected chi connectivity index (χ3v) is 4.70. The van der Waals surface area contributed by atoms with Crippen molar-refractivity contribution >= 4 is 28.2 Å². The van der Waals surface area contributed by atoms with Crippen molar-refractivity contribution in [2.45, 2.75) is 6.92 Å². The van der Waals surface area contributed by atoms with Gasteiger partial charge in [-0.2, -0.15) is 5.10 Å². The molecule has 0 aliphatic heterocycles. The molecule has 1 N–H and O–H groups in total. The summed E-state index contributed by atoms with van der Waals surface area (Å²) in [4.78, 5) is 27.8. The fraction of sp³-hybridized carbons (Fsp3) is 0.0952. The van der Waals surface area contributed by atoms with Crippen LogP contribution < -0.4 is 10.1 Å². The van der Waals surface area contributed by atoms with Gasteiger partial charge < -0.3 is 10.1 Å². The molecule has 4 aromatic rings. The van der Waals surface area contributed by atoms with E-state index in [0.717, 1.165) is 10.9 Å². The fourth-order valence-corrected chi connectivity index (χ4v) is 3.12. The third-order valence-electron chi connectivity index (χ3n) is 4.70. The normalized spacial score (nSPS) is 10.7. The highest BCUT2D eigenvalue weighted by Crippen LogP contribution is 2.29. The molecule has 0 aliphatic rings. The predicted octanol–water partition coefficient (Wildman–Crippen LogP) is 3.90. The molecular formula is C21H17N5O4. The number of para-hydroxylation sites is 1. The first-order valence-corrected chi connectivity index (χ1v) is 9.02. The van der Waals surface area contributed by atoms with Gasteiger partial charge in [0.1, 0.15) is 5.75 Å². The van der Waals surface area contributed by atoms with E-state index in [-0.39, 0.29) is 11.4 Å². The van der Waals surface area contributed by atoms with Crippen molar-refractivity contribution < 1.29 is 14.5 Å². The van der Waals surface area contributed by atoms with Crippen molar-refractivity contribution in [2.24, 2.45) is 0 Å². The Morgan fingerprint density at radius 3 is 2.73 bits per heavy atom. The number of pyridine rings is 1. The number of nitrogens with one attached hydrogen (secondary N) is 1. The van der Waals surface area contributed by atoms with Crippen LogP contribution in [0.5, 0.6) is 5.75 Å². The summed E-state index contributed by atoms with van der Waals surface area (Å²) in [6.07, 6.45) is 1.46. The molecule has 2 aromatic carbocycles. The van der Waals surface area contributed by atoms with Gasteiger partial charge in [-0.15, -0.1) is 0 Å². The molecule has 0 saturated heterocycles. The van der Waals surface area contributed by atoms with Gasteiger partial charge in [0, 0.05) is 11.5 Å². The number of fused-ring (bicyclic) bond motifs is 1. The van der Waals surface area contributed by atoms with E-state index in [2.05, 4.69) is 15.4 Å². The molecule has 30 heavy (non-hydrogen) atoms. The first kappa shape index (κ1) is 19.1. The SMILES string of the molecule is COc1cc([N+](=O)[O-])ccc1NC(=O)c1cnn(-c2ccc3ccccc3n2)c1C. The number of aromatic nitrogens is 3. The zero-order valence-corrected chi connectivity index (χ0v) is 16.2. The highest BCUT2D eigenvalue weighted by Gasteiger charge is 2.19. The Hall–Kier alpha value is -4.27. The van der Waals surface area contributed by atoms with Gasteiger partial charge >= 0.3 is 0 Å². The lowest BCUT2D eigenvalue weighted by molar-refractivity contribution is -0.384. The molecule has 0 saturated carbocycles. The fourth-order valence-electron chi connectivity index (χ4n) is 3.12. The summed E-state index contributed by atoms with van der Waals surface area (Å²) in [6.45, 7) is 1.77. The van der Waals surface area contributed by atoms with Crippen LogP contribution in [-0.4, -0.2) is 32.7 Å². The molecule has 4 rings (SSSR count). The number of hydrogen-bond donors (Lipinski definition) is 1. The highest BCUT2D eigenvalue weighted by atomic mass is 16.6. The molecule has 0 aliphatic carbocycles. The number of hydrogen-bond acceptors (Lipinski definition) is 6. The molecule has 2 aromatic heterocycles. The van der Waals surface area contributed by atoms with Gasteiger partial charge in [-0.3, -0.25) is 14.9 Å². The number of amides is 1. The molecule has 2 heterocycles. The van der Waals surface area contributed by atoms with Gasteiger partial charge in [-0.1, -0.05) is 18.2 Å². The van der Waals surface area contributed by atoms with Crippen molar-refractivity contribution in [3.8, 4) is 11.6 Å². The number of nitro benzene ring substituents is 1. The van der Waals surface area contributed by atoms with Crippen molar-refractivity contribution in [1.82, 2.24) is 14.8 Å². The Bertz CT molecular complexity index is 1280. The molecule has 9 nitrogen and oxygen atoms in total. The number of anilines is 1. The zero-order valence-electron chi connectivity index (χ0n) is 16.2. The Labute approximate surface area is 171 Å². The van der Waals surface area contributed by atoms with E-state index in [1.54, 1.807) is 11.6 Å². The number of carbonyl (C=O) groups is 1. The standard InChI is InChI=1S/C21H17N5O4/c1-13-16(21(27)24-18-9-8-15(26(28)29)11-19(18)30-2)12-22-25(13)20-10-7-14-5-3-4-6-17(14)23-20/h3-12H,1-2H3,(H,24,27). The van der Waals surface area contributed by atoms with Gasteiger partial charge in [0.05, 0.1) is 46.8 Å². The van der Waals surface area contributed by atoms with Crippen molar-refractivity contribution in [3.05, 3.63) is 82.2 Å². The molecular weight excluding hydrogens is 386 g/mol. The van der Waals surface area contributed by atoms with Gasteiger partial charge in [0.25, 0.3) is 11.6 Å². The number of ether oxygens (including phenoxy) is 1. The predicted molar refractivity (Wildman–Crippen MR) is 111 cm³/mol. The van der Waals surface area contributed by atoms with Crippen LogP contribution in [0.2, 0.25) is 0 Å². The maximum atomic E-state index is 12.8. The lowest BCUT2D eigenvalue weighted by Gasteiger charge is -2.10. The monoisotopic (exact) mass is 403 g/mol. The Balaban J connectivity index is 1.63. The summed E-state index contributed by atoms with van der Waals surface area (Å²) in [5.74, 6) is 0.378. The molecule has 1 amide bonds. The van der Waals surface area contributed by atoms with Crippen molar-refractivity contribution in [1.29, 1.82) is 0 Å². The summed E-state index contributed by atoms with van der Waals surface area (Å²) in [5.41, 5.74) is 1.98. The van der Waals surface area contributed by atoms with E-state index in [1.807, 2.05) is 36.4 Å². The van der Waals surface area contributed by atoms with Crippen molar-refractivity contribution in [2.75, 3.05) is 12.4 Å². The summed E-state index contributed by atoms with van der Waals surface area (Å²) in [5, 5.41) is 19.0. The third kappa shape index (κ3) is 3.44. The van der Waals surface area contributed by atoms with Crippen LogP contribution in [0.25, 0.3) is 16.7 Å². The Morgan fingerprint density at radius 2 is 1.97 bits per heavy atom. The van der Waals surface area contributed by atoms with Crippen LogP contribution >= 0.6 is 0 Å². The molecule has 0 unspecified atom stereocenters. The van der Waals surface area contributed by atoms with E-state index in [9.17, 15) is 14.9 Å². The number of rotatable bonds is 5. The molecule has 0 fully saturated rings. The second-order valence-corrected chi connectivity index (χ2v) is 6.51. The van der Waals surface area contributed by atoms with Crippen LogP contribution in [0.3, 0.4) is 0 Å². The first-order chi connectivity index (χ1) is 14.5. The summed E-state index contributed by atoms with van der Waals surface area (Å²) in [7, 11) is 1.38. The molecule has 0 spiro atoms. The van der Waals surface area contributed by atoms with Crippen LogP contribution in [0.1, 0.15) is 16.1 Å². The van der Waals surface area contributed by atoms with Crippen LogP contribution in [-0.2, 0) is 0 Å². The van der Waals surface area contributed by atoms with Crippen LogP contribution in [0, 0.1) is 17.0 Å². The highest BCUT2D eigenvalue weighted by molar-refractivity contribution is 6.05. The zero-order chi connectivity index (χ0) is 21.3. The average molecular weight is 403 g/mol. The minimum atomic E-state index is -0.529. The van der Waals surface area contributed by atoms with Gasteiger partial charge in [-0.05, 0) is 31.2 Å². The molecule has 0 atom stereocenters. The smallest absolute Gasteiger partial charge is 0.273 e. The van der Waals surface area contributed by atoms with E-state index < -0.39 is 10.8 Å². The largest absolute Gasteiger partial charge is 0.494 e. The summed E-state index contributed by atoms with van der Waals surface area (Å²) >= 11 is 0. The Morgan fingerprint density at radius 1 is 1.17 bits per heavy atom. The minimum Gasteiger partial charge on any atom is -0.494 e. The van der Waals surface area contributed by atoms with E-state index >= 15 is 0 Å². The molecule has 0 radical (unpaired) electrons. The van der Waals surface area contributed by atoms with Crippen LogP contribution in [0.4, 0.5) is 11.4 Å².